The van der Waals surface area contributed by atoms with Gasteiger partial charge in [0, 0.05) is 0 Å². The summed E-state index contributed by atoms with van der Waals surface area (Å²) in [6, 6.07) is 7.92. The molecule has 0 aliphatic carbocycles. The van der Waals surface area contributed by atoms with E-state index in [-0.39, 0.29) is 13.2 Å². The Morgan fingerprint density at radius 2 is 1.03 bits per heavy atom. The minimum atomic E-state index is -0.406. The van der Waals surface area contributed by atoms with Crippen LogP contribution >= 0.6 is 0 Å². The van der Waals surface area contributed by atoms with Crippen molar-refractivity contribution in [2.75, 3.05) is 13.2 Å². The molecule has 0 saturated carbocycles. The van der Waals surface area contributed by atoms with Crippen LogP contribution in [0, 0.1) is 41.5 Å². The zero-order chi connectivity index (χ0) is 23.7. The quantitative estimate of drug-likeness (QED) is 0.464. The van der Waals surface area contributed by atoms with Crippen molar-refractivity contribution in [3.05, 3.63) is 57.6 Å². The van der Waals surface area contributed by atoms with Crippen LogP contribution in [-0.2, 0) is 9.59 Å². The number of aryl methyl sites for hydroxylation is 4. The maximum Gasteiger partial charge on any atom is 0.277 e. The van der Waals surface area contributed by atoms with Gasteiger partial charge in [-0.05, 0) is 74.9 Å². The molecule has 0 aromatic heterocycles. The first-order valence-corrected chi connectivity index (χ1v) is 10.2. The predicted molar refractivity (Wildman–Crippen MR) is 126 cm³/mol. The summed E-state index contributed by atoms with van der Waals surface area (Å²) < 4.78 is 11.2. The van der Waals surface area contributed by atoms with Crippen molar-refractivity contribution >= 4 is 24.2 Å². The van der Waals surface area contributed by atoms with Crippen molar-refractivity contribution in [1.82, 2.24) is 10.9 Å². The summed E-state index contributed by atoms with van der Waals surface area (Å²) >= 11 is 0. The molecule has 0 saturated heterocycles. The van der Waals surface area contributed by atoms with Crippen LogP contribution in [-0.4, -0.2) is 37.5 Å². The van der Waals surface area contributed by atoms with Gasteiger partial charge in [-0.1, -0.05) is 24.3 Å². The normalized spacial score (nSPS) is 11.1. The fraction of sp³-hybridized carbons (Fsp3) is 0.333. The van der Waals surface area contributed by atoms with E-state index in [1.54, 1.807) is 0 Å². The standard InChI is InChI=1S/C24H30N4O4/c1-15-7-9-17(3)23(19(15)5)31-13-21(29)27-25-11-12-26-28-22(30)14-32-24-18(4)10-8-16(2)20(24)6/h7-12H,13-14H2,1-6H3,(H,27,29)(H,28,30)/b25-11+,26-12+. The fourth-order valence-corrected chi connectivity index (χ4v) is 2.92. The number of nitrogens with one attached hydrogen (secondary N) is 2. The van der Waals surface area contributed by atoms with Crippen molar-refractivity contribution in [2.45, 2.75) is 41.5 Å². The highest BCUT2D eigenvalue weighted by atomic mass is 16.5. The van der Waals surface area contributed by atoms with Gasteiger partial charge in [-0.2, -0.15) is 10.2 Å². The maximum atomic E-state index is 11.9. The Labute approximate surface area is 188 Å². The molecule has 32 heavy (non-hydrogen) atoms. The molecule has 0 fully saturated rings. The molecule has 0 aliphatic heterocycles. The molecule has 2 amide bonds. The number of nitrogens with zero attached hydrogens (tertiary/aromatic N) is 2. The largest absolute Gasteiger partial charge is 0.483 e. The van der Waals surface area contributed by atoms with E-state index >= 15 is 0 Å². The second-order valence-corrected chi connectivity index (χ2v) is 7.51. The molecule has 2 N–H and O–H groups in total. The molecule has 2 aromatic rings. The number of rotatable bonds is 9. The molecule has 0 atom stereocenters. The molecular weight excluding hydrogens is 408 g/mol. The van der Waals surface area contributed by atoms with E-state index < -0.39 is 11.8 Å². The third kappa shape index (κ3) is 6.94. The lowest BCUT2D eigenvalue weighted by molar-refractivity contribution is -0.123. The van der Waals surface area contributed by atoms with Gasteiger partial charge in [-0.15, -0.1) is 0 Å². The van der Waals surface area contributed by atoms with Crippen LogP contribution in [0.3, 0.4) is 0 Å². The maximum absolute atomic E-state index is 11.9. The summed E-state index contributed by atoms with van der Waals surface area (Å²) in [5.41, 5.74) is 10.8. The number of hydrazone groups is 2. The highest BCUT2D eigenvalue weighted by Crippen LogP contribution is 2.26. The van der Waals surface area contributed by atoms with E-state index in [0.29, 0.717) is 11.5 Å². The minimum Gasteiger partial charge on any atom is -0.483 e. The lowest BCUT2D eigenvalue weighted by atomic mass is 10.1. The first kappa shape index (κ1) is 24.6. The number of hydrogen-bond donors (Lipinski definition) is 2. The third-order valence-electron chi connectivity index (χ3n) is 5.04. The summed E-state index contributed by atoms with van der Waals surface area (Å²) in [5.74, 6) is 0.589. The van der Waals surface area contributed by atoms with Gasteiger partial charge < -0.3 is 9.47 Å². The highest BCUT2D eigenvalue weighted by Gasteiger charge is 2.10. The van der Waals surface area contributed by atoms with E-state index in [2.05, 4.69) is 21.1 Å². The minimum absolute atomic E-state index is 0.161. The molecule has 0 spiro atoms. The zero-order valence-electron chi connectivity index (χ0n) is 19.4. The molecule has 0 radical (unpaired) electrons. The van der Waals surface area contributed by atoms with Gasteiger partial charge in [0.15, 0.2) is 13.2 Å². The smallest absolute Gasteiger partial charge is 0.277 e. The van der Waals surface area contributed by atoms with Crippen LogP contribution in [0.4, 0.5) is 0 Å². The number of ether oxygens (including phenoxy) is 2. The van der Waals surface area contributed by atoms with Crippen molar-refractivity contribution in [1.29, 1.82) is 0 Å². The van der Waals surface area contributed by atoms with Crippen LogP contribution in [0.5, 0.6) is 11.5 Å². The summed E-state index contributed by atoms with van der Waals surface area (Å²) in [4.78, 5) is 23.8. The summed E-state index contributed by atoms with van der Waals surface area (Å²) in [6.45, 7) is 11.4. The predicted octanol–water partition coefficient (Wildman–Crippen LogP) is 3.20. The van der Waals surface area contributed by atoms with Crippen molar-refractivity contribution in [3.8, 4) is 11.5 Å². The average Bonchev–Trinajstić information content (AvgIpc) is 2.76. The Kier molecular flexibility index (Phi) is 8.95. The van der Waals surface area contributed by atoms with Crippen LogP contribution in [0.1, 0.15) is 33.4 Å². The molecular formula is C24H30N4O4. The number of carbonyl (C=O) groups excluding carboxylic acids is 2. The van der Waals surface area contributed by atoms with Crippen LogP contribution in [0.15, 0.2) is 34.5 Å². The van der Waals surface area contributed by atoms with Crippen molar-refractivity contribution < 1.29 is 19.1 Å². The molecule has 0 bridgehead atoms. The lowest BCUT2D eigenvalue weighted by Crippen LogP contribution is -2.26. The molecule has 2 aromatic carbocycles. The SMILES string of the molecule is Cc1ccc(C)c(OCC(=O)N/N=C/C=N/NC(=O)COc2c(C)ccc(C)c2C)c1C. The summed E-state index contributed by atoms with van der Waals surface area (Å²) in [5, 5.41) is 7.47. The number of amides is 2. The first-order valence-electron chi connectivity index (χ1n) is 10.2. The molecule has 0 aliphatic rings. The lowest BCUT2D eigenvalue weighted by Gasteiger charge is -2.13. The third-order valence-corrected chi connectivity index (χ3v) is 5.04. The monoisotopic (exact) mass is 438 g/mol. The molecule has 0 unspecified atom stereocenters. The van der Waals surface area contributed by atoms with Crippen molar-refractivity contribution in [3.63, 3.8) is 0 Å². The number of hydrogen-bond acceptors (Lipinski definition) is 6. The van der Waals surface area contributed by atoms with Crippen LogP contribution in [0.2, 0.25) is 0 Å². The van der Waals surface area contributed by atoms with Gasteiger partial charge in [-0.3, -0.25) is 9.59 Å². The van der Waals surface area contributed by atoms with E-state index in [4.69, 9.17) is 9.47 Å². The Bertz CT molecular complexity index is 961. The van der Waals surface area contributed by atoms with E-state index in [9.17, 15) is 9.59 Å². The van der Waals surface area contributed by atoms with Crippen LogP contribution in [0.25, 0.3) is 0 Å². The number of carbonyl (C=O) groups is 2. The Morgan fingerprint density at radius 1 is 0.688 bits per heavy atom. The van der Waals surface area contributed by atoms with Crippen LogP contribution < -0.4 is 20.3 Å². The molecule has 170 valence electrons. The Morgan fingerprint density at radius 3 is 1.41 bits per heavy atom. The molecule has 0 heterocycles. The van der Waals surface area contributed by atoms with E-state index in [1.807, 2.05) is 65.8 Å². The zero-order valence-corrected chi connectivity index (χ0v) is 19.4. The highest BCUT2D eigenvalue weighted by molar-refractivity contribution is 6.16. The fourth-order valence-electron chi connectivity index (χ4n) is 2.92. The molecule has 8 heteroatoms. The van der Waals surface area contributed by atoms with Gasteiger partial charge in [0.05, 0.1) is 12.4 Å². The van der Waals surface area contributed by atoms with E-state index in [0.717, 1.165) is 33.4 Å². The topological polar surface area (TPSA) is 101 Å². The second kappa shape index (κ2) is 11.6. The molecule has 2 rings (SSSR count). The summed E-state index contributed by atoms with van der Waals surface area (Å²) in [7, 11) is 0. The number of benzene rings is 2. The Balaban J connectivity index is 1.71. The Hall–Kier alpha value is -3.68. The van der Waals surface area contributed by atoms with Gasteiger partial charge in [0.25, 0.3) is 11.8 Å². The first-order chi connectivity index (χ1) is 15.2. The van der Waals surface area contributed by atoms with Gasteiger partial charge in [0.1, 0.15) is 11.5 Å². The van der Waals surface area contributed by atoms with Crippen molar-refractivity contribution in [2.24, 2.45) is 10.2 Å². The van der Waals surface area contributed by atoms with E-state index in [1.165, 1.54) is 12.4 Å². The average molecular weight is 439 g/mol. The van der Waals surface area contributed by atoms with Gasteiger partial charge >= 0.3 is 0 Å². The van der Waals surface area contributed by atoms with Gasteiger partial charge in [-0.25, -0.2) is 10.9 Å². The summed E-state index contributed by atoms with van der Waals surface area (Å²) in [6.07, 6.45) is 2.49. The van der Waals surface area contributed by atoms with Gasteiger partial charge in [0.2, 0.25) is 0 Å². The molecule has 8 nitrogen and oxygen atoms in total. The second-order valence-electron chi connectivity index (χ2n) is 7.51.